The van der Waals surface area contributed by atoms with Gasteiger partial charge < -0.3 is 5.11 Å². The van der Waals surface area contributed by atoms with E-state index < -0.39 is 21.5 Å². The van der Waals surface area contributed by atoms with Crippen molar-refractivity contribution in [3.8, 4) is 0 Å². The Morgan fingerprint density at radius 3 is 2.18 bits per heavy atom. The standard InChI is InChI=1S/C10H12ClNO4S/c1-10(2,9(13)14)12-17(15,16)8-5-3-7(11)4-6-8/h3-6,12H,1-2H3,(H,13,14). The van der Waals surface area contributed by atoms with Crippen LogP contribution in [0.4, 0.5) is 0 Å². The van der Waals surface area contributed by atoms with Crippen LogP contribution in [-0.4, -0.2) is 25.0 Å². The summed E-state index contributed by atoms with van der Waals surface area (Å²) in [5.74, 6) is -1.25. The molecule has 1 aromatic carbocycles. The molecule has 0 saturated carbocycles. The van der Waals surface area contributed by atoms with E-state index in [-0.39, 0.29) is 4.90 Å². The fraction of sp³-hybridized carbons (Fsp3) is 0.300. The average Bonchev–Trinajstić information content (AvgIpc) is 2.16. The van der Waals surface area contributed by atoms with E-state index in [2.05, 4.69) is 4.72 Å². The second-order valence-corrected chi connectivity index (χ2v) is 6.11. The zero-order valence-corrected chi connectivity index (χ0v) is 10.8. The minimum atomic E-state index is -3.87. The Balaban J connectivity index is 3.05. The first-order valence-electron chi connectivity index (χ1n) is 4.68. The highest BCUT2D eigenvalue weighted by atomic mass is 35.5. The van der Waals surface area contributed by atoms with Crippen LogP contribution in [0.5, 0.6) is 0 Å². The third-order valence-electron chi connectivity index (χ3n) is 2.05. The number of nitrogens with one attached hydrogen (secondary N) is 1. The Hall–Kier alpha value is -1.11. The Kier molecular flexibility index (Phi) is 3.81. The summed E-state index contributed by atoms with van der Waals surface area (Å²) in [5, 5.41) is 9.25. The first kappa shape index (κ1) is 14.0. The summed E-state index contributed by atoms with van der Waals surface area (Å²) < 4.78 is 25.8. The summed E-state index contributed by atoms with van der Waals surface area (Å²) in [6.45, 7) is 2.53. The van der Waals surface area contributed by atoms with Gasteiger partial charge in [-0.1, -0.05) is 11.6 Å². The lowest BCUT2D eigenvalue weighted by Crippen LogP contribution is -2.49. The molecule has 94 valence electrons. The van der Waals surface area contributed by atoms with Gasteiger partial charge in [0.2, 0.25) is 10.0 Å². The zero-order chi connectivity index (χ0) is 13.3. The number of benzene rings is 1. The second-order valence-electron chi connectivity index (χ2n) is 3.99. The lowest BCUT2D eigenvalue weighted by atomic mass is 10.1. The van der Waals surface area contributed by atoms with Crippen LogP contribution in [0.25, 0.3) is 0 Å². The molecule has 7 heteroatoms. The summed E-state index contributed by atoms with van der Waals surface area (Å²) in [6.07, 6.45) is 0. The molecular weight excluding hydrogens is 266 g/mol. The minimum Gasteiger partial charge on any atom is -0.480 e. The average molecular weight is 278 g/mol. The normalized spacial score (nSPS) is 12.4. The van der Waals surface area contributed by atoms with Crippen LogP contribution in [0.3, 0.4) is 0 Å². The molecule has 1 rings (SSSR count). The van der Waals surface area contributed by atoms with Gasteiger partial charge in [0, 0.05) is 5.02 Å². The number of carboxylic acid groups (broad SMARTS) is 1. The number of hydrogen-bond acceptors (Lipinski definition) is 3. The molecule has 0 radical (unpaired) electrons. The van der Waals surface area contributed by atoms with E-state index in [9.17, 15) is 13.2 Å². The number of carboxylic acids is 1. The van der Waals surface area contributed by atoms with Gasteiger partial charge >= 0.3 is 5.97 Å². The number of halogens is 1. The molecule has 0 fully saturated rings. The van der Waals surface area contributed by atoms with E-state index in [0.717, 1.165) is 0 Å². The fourth-order valence-corrected chi connectivity index (χ4v) is 2.55. The number of sulfonamides is 1. The molecule has 1 aromatic rings. The molecular formula is C10H12ClNO4S. The van der Waals surface area contributed by atoms with Gasteiger partial charge in [-0.15, -0.1) is 0 Å². The van der Waals surface area contributed by atoms with Crippen molar-refractivity contribution in [1.29, 1.82) is 0 Å². The smallest absolute Gasteiger partial charge is 0.324 e. The predicted octanol–water partition coefficient (Wildman–Crippen LogP) is 1.48. The van der Waals surface area contributed by atoms with Gasteiger partial charge in [-0.3, -0.25) is 4.79 Å². The molecule has 0 aliphatic carbocycles. The molecule has 0 spiro atoms. The van der Waals surface area contributed by atoms with Gasteiger partial charge in [-0.05, 0) is 38.1 Å². The molecule has 2 N–H and O–H groups in total. The van der Waals surface area contributed by atoms with Crippen LogP contribution in [0.2, 0.25) is 5.02 Å². The van der Waals surface area contributed by atoms with Gasteiger partial charge in [0.25, 0.3) is 0 Å². The highest BCUT2D eigenvalue weighted by Gasteiger charge is 2.32. The van der Waals surface area contributed by atoms with Gasteiger partial charge in [-0.25, -0.2) is 8.42 Å². The van der Waals surface area contributed by atoms with Crippen molar-refractivity contribution in [3.63, 3.8) is 0 Å². The van der Waals surface area contributed by atoms with E-state index in [4.69, 9.17) is 16.7 Å². The number of rotatable bonds is 4. The van der Waals surface area contributed by atoms with Crippen molar-refractivity contribution in [3.05, 3.63) is 29.3 Å². The van der Waals surface area contributed by atoms with Crippen LogP contribution in [0.15, 0.2) is 29.2 Å². The third-order valence-corrected chi connectivity index (χ3v) is 3.97. The maximum absolute atomic E-state index is 11.8. The first-order valence-corrected chi connectivity index (χ1v) is 6.54. The lowest BCUT2D eigenvalue weighted by Gasteiger charge is -2.20. The van der Waals surface area contributed by atoms with Crippen molar-refractivity contribution in [2.45, 2.75) is 24.3 Å². The molecule has 17 heavy (non-hydrogen) atoms. The zero-order valence-electron chi connectivity index (χ0n) is 9.27. The van der Waals surface area contributed by atoms with Crippen molar-refractivity contribution >= 4 is 27.6 Å². The van der Waals surface area contributed by atoms with Crippen LogP contribution in [0, 0.1) is 0 Å². The van der Waals surface area contributed by atoms with Gasteiger partial charge in [0.1, 0.15) is 5.54 Å². The van der Waals surface area contributed by atoms with E-state index in [1.165, 1.54) is 38.1 Å². The Morgan fingerprint density at radius 2 is 1.76 bits per heavy atom. The third kappa shape index (κ3) is 3.42. The van der Waals surface area contributed by atoms with Crippen molar-refractivity contribution in [2.24, 2.45) is 0 Å². The molecule has 0 unspecified atom stereocenters. The monoisotopic (exact) mass is 277 g/mol. The minimum absolute atomic E-state index is 0.0313. The summed E-state index contributed by atoms with van der Waals surface area (Å²) >= 11 is 5.64. The van der Waals surface area contributed by atoms with E-state index in [1.54, 1.807) is 0 Å². The van der Waals surface area contributed by atoms with Gasteiger partial charge in [0.15, 0.2) is 0 Å². The van der Waals surface area contributed by atoms with Gasteiger partial charge in [-0.2, -0.15) is 4.72 Å². The molecule has 0 amide bonds. The SMILES string of the molecule is CC(C)(NS(=O)(=O)c1ccc(Cl)cc1)C(=O)O. The van der Waals surface area contributed by atoms with Crippen molar-refractivity contribution in [2.75, 3.05) is 0 Å². The topological polar surface area (TPSA) is 83.5 Å². The molecule has 0 saturated heterocycles. The van der Waals surface area contributed by atoms with Crippen molar-refractivity contribution < 1.29 is 18.3 Å². The molecule has 0 aliphatic heterocycles. The van der Waals surface area contributed by atoms with Crippen LogP contribution < -0.4 is 4.72 Å². The largest absolute Gasteiger partial charge is 0.480 e. The van der Waals surface area contributed by atoms with Gasteiger partial charge in [0.05, 0.1) is 4.90 Å². The molecule has 0 atom stereocenters. The predicted molar refractivity (Wildman–Crippen MR) is 63.5 cm³/mol. The molecule has 0 aliphatic rings. The highest BCUT2D eigenvalue weighted by molar-refractivity contribution is 7.89. The quantitative estimate of drug-likeness (QED) is 0.873. The summed E-state index contributed by atoms with van der Waals surface area (Å²) in [7, 11) is -3.87. The summed E-state index contributed by atoms with van der Waals surface area (Å²) in [5.41, 5.74) is -1.57. The molecule has 0 bridgehead atoms. The van der Waals surface area contributed by atoms with E-state index >= 15 is 0 Å². The second kappa shape index (κ2) is 4.64. The maximum Gasteiger partial charge on any atom is 0.324 e. The summed E-state index contributed by atoms with van der Waals surface area (Å²) in [4.78, 5) is 10.8. The number of aliphatic carboxylic acids is 1. The molecule has 0 aromatic heterocycles. The molecule has 5 nitrogen and oxygen atoms in total. The Labute approximate surface area is 104 Å². The molecule has 0 heterocycles. The fourth-order valence-electron chi connectivity index (χ4n) is 1.05. The Morgan fingerprint density at radius 1 is 1.29 bits per heavy atom. The Bertz CT molecular complexity index is 522. The van der Waals surface area contributed by atoms with Crippen molar-refractivity contribution in [1.82, 2.24) is 4.72 Å². The number of hydrogen-bond donors (Lipinski definition) is 2. The lowest BCUT2D eigenvalue weighted by molar-refractivity contribution is -0.142. The highest BCUT2D eigenvalue weighted by Crippen LogP contribution is 2.16. The van der Waals surface area contributed by atoms with E-state index in [1.807, 2.05) is 0 Å². The summed E-state index contributed by atoms with van der Waals surface area (Å²) in [6, 6.07) is 5.46. The number of carbonyl (C=O) groups is 1. The van der Waals surface area contributed by atoms with Crippen LogP contribution in [0.1, 0.15) is 13.8 Å². The van der Waals surface area contributed by atoms with Crippen LogP contribution >= 0.6 is 11.6 Å². The van der Waals surface area contributed by atoms with Crippen LogP contribution in [-0.2, 0) is 14.8 Å². The van der Waals surface area contributed by atoms with E-state index in [0.29, 0.717) is 5.02 Å². The maximum atomic E-state index is 11.8. The first-order chi connectivity index (χ1) is 7.65.